The van der Waals surface area contributed by atoms with Crippen LogP contribution in [0.2, 0.25) is 0 Å². The predicted octanol–water partition coefficient (Wildman–Crippen LogP) is 1.41. The van der Waals surface area contributed by atoms with Gasteiger partial charge in [0, 0.05) is 17.3 Å². The summed E-state index contributed by atoms with van der Waals surface area (Å²) in [6.45, 7) is 4.00. The second kappa shape index (κ2) is 2.33. The highest BCUT2D eigenvalue weighted by atomic mass is 15.3. The summed E-state index contributed by atoms with van der Waals surface area (Å²) in [5, 5.41) is 4.28. The lowest BCUT2D eigenvalue weighted by molar-refractivity contribution is 0.551. The van der Waals surface area contributed by atoms with Gasteiger partial charge in [-0.05, 0) is 26.7 Å². The number of hydrogen-bond donors (Lipinski definition) is 1. The van der Waals surface area contributed by atoms with Crippen LogP contribution in [0.15, 0.2) is 12.4 Å². The molecule has 1 heterocycles. The third kappa shape index (κ3) is 1.37. The summed E-state index contributed by atoms with van der Waals surface area (Å²) in [4.78, 5) is 0. The van der Waals surface area contributed by atoms with E-state index in [1.807, 2.05) is 24.7 Å². The van der Waals surface area contributed by atoms with E-state index < -0.39 is 0 Å². The van der Waals surface area contributed by atoms with Crippen molar-refractivity contribution in [3.05, 3.63) is 18.0 Å². The van der Waals surface area contributed by atoms with E-state index in [1.54, 1.807) is 0 Å². The van der Waals surface area contributed by atoms with E-state index in [4.69, 9.17) is 5.73 Å². The maximum atomic E-state index is 5.94. The number of nitrogens with two attached hydrogens (primary N) is 1. The van der Waals surface area contributed by atoms with Crippen LogP contribution in [0.5, 0.6) is 0 Å². The summed E-state index contributed by atoms with van der Waals surface area (Å²) in [5.41, 5.74) is 6.80. The Labute approximate surface area is 72.6 Å². The van der Waals surface area contributed by atoms with Crippen LogP contribution >= 0.6 is 0 Å². The summed E-state index contributed by atoms with van der Waals surface area (Å²) in [6.07, 6.45) is 6.48. The lowest BCUT2D eigenvalue weighted by Gasteiger charge is -2.15. The molecule has 3 heteroatoms. The molecule has 0 atom stereocenters. The van der Waals surface area contributed by atoms with Crippen molar-refractivity contribution in [2.45, 2.75) is 38.3 Å². The number of rotatable bonds is 2. The molecule has 0 radical (unpaired) electrons. The Hall–Kier alpha value is -0.830. The topological polar surface area (TPSA) is 43.8 Å². The summed E-state index contributed by atoms with van der Waals surface area (Å²) < 4.78 is 2.03. The minimum atomic E-state index is -0.257. The van der Waals surface area contributed by atoms with Crippen LogP contribution in [0, 0.1) is 0 Å². The Morgan fingerprint density at radius 3 is 2.67 bits per heavy atom. The van der Waals surface area contributed by atoms with Gasteiger partial charge in [-0.1, -0.05) is 0 Å². The van der Waals surface area contributed by atoms with E-state index in [2.05, 4.69) is 11.3 Å². The molecule has 0 saturated heterocycles. The molecule has 2 rings (SSSR count). The SMILES string of the molecule is CC(C)(N)c1cnn(C2CC2)c1. The van der Waals surface area contributed by atoms with Gasteiger partial charge in [0.25, 0.3) is 0 Å². The molecule has 0 spiro atoms. The molecule has 0 aromatic carbocycles. The molecule has 1 saturated carbocycles. The molecule has 12 heavy (non-hydrogen) atoms. The zero-order valence-electron chi connectivity index (χ0n) is 7.62. The lowest BCUT2D eigenvalue weighted by atomic mass is 10.00. The zero-order chi connectivity index (χ0) is 8.77. The zero-order valence-corrected chi connectivity index (χ0v) is 7.62. The quantitative estimate of drug-likeness (QED) is 0.720. The molecule has 3 nitrogen and oxygen atoms in total. The number of hydrogen-bond acceptors (Lipinski definition) is 2. The first kappa shape index (κ1) is 7.80. The smallest absolute Gasteiger partial charge is 0.0540 e. The maximum Gasteiger partial charge on any atom is 0.0540 e. The van der Waals surface area contributed by atoms with Crippen LogP contribution in [0.25, 0.3) is 0 Å². The van der Waals surface area contributed by atoms with Gasteiger partial charge in [0.2, 0.25) is 0 Å². The standard InChI is InChI=1S/C9H15N3/c1-9(2,10)7-5-11-12(6-7)8-3-4-8/h5-6,8H,3-4,10H2,1-2H3. The average molecular weight is 165 g/mol. The number of aromatic nitrogens is 2. The highest BCUT2D eigenvalue weighted by Gasteiger charge is 2.26. The van der Waals surface area contributed by atoms with Crippen molar-refractivity contribution >= 4 is 0 Å². The monoisotopic (exact) mass is 165 g/mol. The lowest BCUT2D eigenvalue weighted by Crippen LogP contribution is -2.27. The summed E-state index contributed by atoms with van der Waals surface area (Å²) >= 11 is 0. The van der Waals surface area contributed by atoms with E-state index in [1.165, 1.54) is 12.8 Å². The average Bonchev–Trinajstić information content (AvgIpc) is 2.66. The fourth-order valence-electron chi connectivity index (χ4n) is 1.21. The summed E-state index contributed by atoms with van der Waals surface area (Å²) in [5.74, 6) is 0. The second-order valence-corrected chi connectivity index (χ2v) is 4.16. The molecule has 0 unspecified atom stereocenters. The maximum absolute atomic E-state index is 5.94. The molecular formula is C9H15N3. The van der Waals surface area contributed by atoms with E-state index >= 15 is 0 Å². The van der Waals surface area contributed by atoms with Gasteiger partial charge in [-0.2, -0.15) is 5.10 Å². The van der Waals surface area contributed by atoms with Crippen LogP contribution in [-0.2, 0) is 5.54 Å². The molecule has 1 aromatic rings. The largest absolute Gasteiger partial charge is 0.322 e. The van der Waals surface area contributed by atoms with E-state index in [0.29, 0.717) is 6.04 Å². The fraction of sp³-hybridized carbons (Fsp3) is 0.667. The molecule has 1 fully saturated rings. The second-order valence-electron chi connectivity index (χ2n) is 4.16. The minimum absolute atomic E-state index is 0.257. The van der Waals surface area contributed by atoms with Gasteiger partial charge in [-0.15, -0.1) is 0 Å². The summed E-state index contributed by atoms with van der Waals surface area (Å²) in [6, 6.07) is 0.654. The first-order chi connectivity index (χ1) is 5.57. The molecule has 2 N–H and O–H groups in total. The highest BCUT2D eigenvalue weighted by molar-refractivity contribution is 5.15. The Morgan fingerprint density at radius 2 is 2.25 bits per heavy atom. The molecule has 1 aromatic heterocycles. The van der Waals surface area contributed by atoms with Gasteiger partial charge < -0.3 is 5.73 Å². The molecule has 0 amide bonds. The Bertz CT molecular complexity index is 278. The molecular weight excluding hydrogens is 150 g/mol. The Kier molecular flexibility index (Phi) is 1.51. The normalized spacial score (nSPS) is 18.2. The van der Waals surface area contributed by atoms with Crippen molar-refractivity contribution < 1.29 is 0 Å². The van der Waals surface area contributed by atoms with Crippen LogP contribution < -0.4 is 5.73 Å². The molecule has 1 aliphatic carbocycles. The highest BCUT2D eigenvalue weighted by Crippen LogP contribution is 2.34. The first-order valence-electron chi connectivity index (χ1n) is 4.41. The van der Waals surface area contributed by atoms with Crippen molar-refractivity contribution in [1.82, 2.24) is 9.78 Å². The van der Waals surface area contributed by atoms with Crippen molar-refractivity contribution in [2.24, 2.45) is 5.73 Å². The fourth-order valence-corrected chi connectivity index (χ4v) is 1.21. The van der Waals surface area contributed by atoms with Crippen molar-refractivity contribution in [2.75, 3.05) is 0 Å². The van der Waals surface area contributed by atoms with E-state index in [0.717, 1.165) is 5.56 Å². The van der Waals surface area contributed by atoms with Crippen LogP contribution in [0.1, 0.15) is 38.3 Å². The van der Waals surface area contributed by atoms with Gasteiger partial charge in [0.15, 0.2) is 0 Å². The third-order valence-electron chi connectivity index (χ3n) is 2.27. The van der Waals surface area contributed by atoms with Crippen LogP contribution in [0.3, 0.4) is 0 Å². The number of nitrogens with zero attached hydrogens (tertiary/aromatic N) is 2. The molecule has 0 aliphatic heterocycles. The van der Waals surface area contributed by atoms with Crippen LogP contribution in [0.4, 0.5) is 0 Å². The predicted molar refractivity (Wildman–Crippen MR) is 47.7 cm³/mol. The van der Waals surface area contributed by atoms with E-state index in [9.17, 15) is 0 Å². The third-order valence-corrected chi connectivity index (χ3v) is 2.27. The van der Waals surface area contributed by atoms with E-state index in [-0.39, 0.29) is 5.54 Å². The van der Waals surface area contributed by atoms with Crippen molar-refractivity contribution in [3.8, 4) is 0 Å². The minimum Gasteiger partial charge on any atom is -0.322 e. The molecule has 0 bridgehead atoms. The Balaban J connectivity index is 2.23. The molecule has 66 valence electrons. The van der Waals surface area contributed by atoms with Gasteiger partial charge >= 0.3 is 0 Å². The van der Waals surface area contributed by atoms with Gasteiger partial charge in [-0.25, -0.2) is 0 Å². The molecule has 1 aliphatic rings. The van der Waals surface area contributed by atoms with Gasteiger partial charge in [0.05, 0.1) is 12.2 Å². The van der Waals surface area contributed by atoms with Gasteiger partial charge in [0.1, 0.15) is 0 Å². The van der Waals surface area contributed by atoms with Crippen molar-refractivity contribution in [3.63, 3.8) is 0 Å². The van der Waals surface area contributed by atoms with Crippen LogP contribution in [-0.4, -0.2) is 9.78 Å². The Morgan fingerprint density at radius 1 is 1.58 bits per heavy atom. The first-order valence-corrected chi connectivity index (χ1v) is 4.41. The summed E-state index contributed by atoms with van der Waals surface area (Å²) in [7, 11) is 0. The van der Waals surface area contributed by atoms with Gasteiger partial charge in [-0.3, -0.25) is 4.68 Å². The van der Waals surface area contributed by atoms with Crippen molar-refractivity contribution in [1.29, 1.82) is 0 Å².